The molecule has 146 valence electrons. The highest BCUT2D eigenvalue weighted by Gasteiger charge is 2.37. The van der Waals surface area contributed by atoms with E-state index in [0.29, 0.717) is 5.56 Å². The van der Waals surface area contributed by atoms with Crippen molar-refractivity contribution in [3.05, 3.63) is 81.8 Å². The fourth-order valence-electron chi connectivity index (χ4n) is 3.75. The monoisotopic (exact) mass is 451 g/mol. The number of methoxy groups -OCH3 is 2. The van der Waals surface area contributed by atoms with Crippen LogP contribution in [0.3, 0.4) is 0 Å². The molecule has 0 fully saturated rings. The highest BCUT2D eigenvalue weighted by molar-refractivity contribution is 9.10. The van der Waals surface area contributed by atoms with Crippen molar-refractivity contribution in [2.45, 2.75) is 6.04 Å². The zero-order valence-corrected chi connectivity index (χ0v) is 17.4. The van der Waals surface area contributed by atoms with E-state index in [4.69, 9.17) is 9.47 Å². The molecule has 1 aliphatic heterocycles. The molecule has 0 saturated carbocycles. The second-order valence-corrected chi connectivity index (χ2v) is 7.53. The van der Waals surface area contributed by atoms with Crippen molar-refractivity contribution in [3.8, 4) is 0 Å². The van der Waals surface area contributed by atoms with Crippen molar-refractivity contribution in [1.29, 1.82) is 0 Å². The Kier molecular flexibility index (Phi) is 5.11. The van der Waals surface area contributed by atoms with Crippen LogP contribution in [-0.4, -0.2) is 26.2 Å². The van der Waals surface area contributed by atoms with Crippen molar-refractivity contribution < 1.29 is 19.1 Å². The average Bonchev–Trinajstić information content (AvgIpc) is 2.76. The molecule has 0 aliphatic carbocycles. The van der Waals surface area contributed by atoms with E-state index < -0.39 is 18.0 Å². The van der Waals surface area contributed by atoms with Crippen molar-refractivity contribution >= 4 is 49.9 Å². The summed E-state index contributed by atoms with van der Waals surface area (Å²) in [4.78, 5) is 25.8. The van der Waals surface area contributed by atoms with E-state index in [1.807, 2.05) is 60.7 Å². The van der Waals surface area contributed by atoms with Crippen LogP contribution in [0.2, 0.25) is 0 Å². The van der Waals surface area contributed by atoms with Crippen LogP contribution in [0.5, 0.6) is 0 Å². The Morgan fingerprint density at radius 1 is 0.931 bits per heavy atom. The molecule has 3 aromatic carbocycles. The number of benzene rings is 3. The van der Waals surface area contributed by atoms with Gasteiger partial charge < -0.3 is 14.8 Å². The second-order valence-electron chi connectivity index (χ2n) is 6.61. The van der Waals surface area contributed by atoms with Gasteiger partial charge in [-0.1, -0.05) is 58.4 Å². The highest BCUT2D eigenvalue weighted by Crippen LogP contribution is 2.44. The van der Waals surface area contributed by atoms with Gasteiger partial charge in [0.1, 0.15) is 0 Å². The summed E-state index contributed by atoms with van der Waals surface area (Å²) < 4.78 is 11.0. The zero-order valence-electron chi connectivity index (χ0n) is 15.9. The van der Waals surface area contributed by atoms with Gasteiger partial charge in [0.25, 0.3) is 0 Å². The predicted octanol–water partition coefficient (Wildman–Crippen LogP) is 4.87. The van der Waals surface area contributed by atoms with E-state index >= 15 is 0 Å². The number of anilines is 1. The van der Waals surface area contributed by atoms with Crippen molar-refractivity contribution in [1.82, 2.24) is 0 Å². The van der Waals surface area contributed by atoms with Gasteiger partial charge in [-0.15, -0.1) is 0 Å². The minimum Gasteiger partial charge on any atom is -0.466 e. The minimum atomic E-state index is -0.582. The van der Waals surface area contributed by atoms with Crippen LogP contribution in [0, 0.1) is 0 Å². The van der Waals surface area contributed by atoms with E-state index in [1.165, 1.54) is 14.2 Å². The predicted molar refractivity (Wildman–Crippen MR) is 115 cm³/mol. The van der Waals surface area contributed by atoms with Gasteiger partial charge in [-0.2, -0.15) is 0 Å². The van der Waals surface area contributed by atoms with Gasteiger partial charge >= 0.3 is 11.9 Å². The molecule has 29 heavy (non-hydrogen) atoms. The summed E-state index contributed by atoms with van der Waals surface area (Å²) in [5.74, 6) is -1.16. The van der Waals surface area contributed by atoms with Crippen molar-refractivity contribution in [2.75, 3.05) is 19.5 Å². The minimum absolute atomic E-state index is 0.217. The molecule has 6 heteroatoms. The SMILES string of the molecule is COC(=O)C1=C(C(=O)OC)C(c2cccc(Br)c2)Nc2ccc3ccccc3c21. The Morgan fingerprint density at radius 2 is 1.69 bits per heavy atom. The summed E-state index contributed by atoms with van der Waals surface area (Å²) >= 11 is 3.47. The van der Waals surface area contributed by atoms with Crippen LogP contribution < -0.4 is 5.32 Å². The zero-order chi connectivity index (χ0) is 20.5. The smallest absolute Gasteiger partial charge is 0.339 e. The molecule has 1 heterocycles. The number of hydrogen-bond donors (Lipinski definition) is 1. The van der Waals surface area contributed by atoms with Gasteiger partial charge in [0.2, 0.25) is 0 Å². The summed E-state index contributed by atoms with van der Waals surface area (Å²) in [6.07, 6.45) is 0. The summed E-state index contributed by atoms with van der Waals surface area (Å²) in [6.45, 7) is 0. The molecule has 0 aromatic heterocycles. The third kappa shape index (κ3) is 3.29. The highest BCUT2D eigenvalue weighted by atomic mass is 79.9. The molecular formula is C23H18BrNO4. The maximum atomic E-state index is 12.9. The number of fused-ring (bicyclic) bond motifs is 3. The fourth-order valence-corrected chi connectivity index (χ4v) is 4.16. The maximum absolute atomic E-state index is 12.9. The van der Waals surface area contributed by atoms with Gasteiger partial charge in [-0.3, -0.25) is 0 Å². The number of rotatable bonds is 3. The largest absolute Gasteiger partial charge is 0.466 e. The van der Waals surface area contributed by atoms with Crippen LogP contribution >= 0.6 is 15.9 Å². The first-order valence-electron chi connectivity index (χ1n) is 9.00. The van der Waals surface area contributed by atoms with E-state index in [2.05, 4.69) is 21.2 Å². The number of esters is 2. The second kappa shape index (κ2) is 7.72. The number of ether oxygens (including phenoxy) is 2. The summed E-state index contributed by atoms with van der Waals surface area (Å²) in [6, 6.07) is 18.6. The first-order chi connectivity index (χ1) is 14.0. The Bertz CT molecular complexity index is 1170. The first-order valence-corrected chi connectivity index (χ1v) is 9.79. The molecule has 1 aliphatic rings. The lowest BCUT2D eigenvalue weighted by Crippen LogP contribution is -2.28. The van der Waals surface area contributed by atoms with Gasteiger partial charge in [0.05, 0.1) is 31.4 Å². The molecule has 0 saturated heterocycles. The Balaban J connectivity index is 2.08. The summed E-state index contributed by atoms with van der Waals surface area (Å²) in [5.41, 5.74) is 2.65. The van der Waals surface area contributed by atoms with Crippen molar-refractivity contribution in [2.24, 2.45) is 0 Å². The number of carbonyl (C=O) groups is 2. The van der Waals surface area contributed by atoms with E-state index in [0.717, 1.165) is 26.5 Å². The van der Waals surface area contributed by atoms with Crippen LogP contribution in [0.25, 0.3) is 16.3 Å². The number of carbonyl (C=O) groups excluding carboxylic acids is 2. The van der Waals surface area contributed by atoms with Gasteiger partial charge in [0.15, 0.2) is 0 Å². The molecule has 1 unspecified atom stereocenters. The molecule has 0 amide bonds. The third-order valence-electron chi connectivity index (χ3n) is 5.01. The normalized spacial score (nSPS) is 15.5. The number of halogens is 1. The fraction of sp³-hybridized carbons (Fsp3) is 0.130. The van der Waals surface area contributed by atoms with Crippen LogP contribution in [0.4, 0.5) is 5.69 Å². The molecule has 0 bridgehead atoms. The lowest BCUT2D eigenvalue weighted by Gasteiger charge is -2.31. The molecule has 4 rings (SSSR count). The van der Waals surface area contributed by atoms with Gasteiger partial charge in [0, 0.05) is 15.7 Å². The first kappa shape index (κ1) is 19.2. The Hall–Kier alpha value is -3.12. The van der Waals surface area contributed by atoms with Crippen LogP contribution in [-0.2, 0) is 19.1 Å². The molecule has 1 atom stereocenters. The van der Waals surface area contributed by atoms with E-state index in [9.17, 15) is 9.59 Å². The van der Waals surface area contributed by atoms with E-state index in [-0.39, 0.29) is 11.1 Å². The number of nitrogens with one attached hydrogen (secondary N) is 1. The molecule has 0 spiro atoms. The summed E-state index contributed by atoms with van der Waals surface area (Å²) in [5, 5.41) is 5.23. The molecular weight excluding hydrogens is 434 g/mol. The topological polar surface area (TPSA) is 64.6 Å². The molecule has 3 aromatic rings. The lowest BCUT2D eigenvalue weighted by atomic mass is 9.84. The molecule has 1 N–H and O–H groups in total. The van der Waals surface area contributed by atoms with Crippen molar-refractivity contribution in [3.63, 3.8) is 0 Å². The lowest BCUT2D eigenvalue weighted by molar-refractivity contribution is -0.138. The van der Waals surface area contributed by atoms with Gasteiger partial charge in [-0.05, 0) is 34.5 Å². The Morgan fingerprint density at radius 3 is 2.41 bits per heavy atom. The average molecular weight is 452 g/mol. The third-order valence-corrected chi connectivity index (χ3v) is 5.51. The summed E-state index contributed by atoms with van der Waals surface area (Å²) in [7, 11) is 2.62. The Labute approximate surface area is 176 Å². The van der Waals surface area contributed by atoms with Gasteiger partial charge in [-0.25, -0.2) is 9.59 Å². The number of hydrogen-bond acceptors (Lipinski definition) is 5. The molecule has 0 radical (unpaired) electrons. The van der Waals surface area contributed by atoms with Crippen LogP contribution in [0.15, 0.2) is 70.7 Å². The standard InChI is InChI=1S/C23H18BrNO4/c1-28-22(26)19-18-16-9-4-3-6-13(16)10-11-17(18)25-21(20(19)23(27)29-2)14-7-5-8-15(24)12-14/h3-12,21,25H,1-2H3. The van der Waals surface area contributed by atoms with Crippen LogP contribution in [0.1, 0.15) is 17.2 Å². The molecule has 5 nitrogen and oxygen atoms in total. The maximum Gasteiger partial charge on any atom is 0.339 e. The van der Waals surface area contributed by atoms with E-state index in [1.54, 1.807) is 0 Å². The quantitative estimate of drug-likeness (QED) is 0.575.